The third-order valence-electron chi connectivity index (χ3n) is 4.91. The SMILES string of the molecule is CC(C)(C)c1cc(CCC(=O)OCC(=O)c2cccc(Cl)c2)cc(C(C)(C)C)c1O. The predicted molar refractivity (Wildman–Crippen MR) is 121 cm³/mol. The summed E-state index contributed by atoms with van der Waals surface area (Å²) in [6.45, 7) is 12.0. The molecule has 0 aromatic heterocycles. The number of carbonyl (C=O) groups excluding carboxylic acids is 2. The second-order valence-corrected chi connectivity index (χ2v) is 10.1. The van der Waals surface area contributed by atoms with Gasteiger partial charge in [-0.25, -0.2) is 0 Å². The van der Waals surface area contributed by atoms with E-state index < -0.39 is 5.97 Å². The molecule has 0 heterocycles. The lowest BCUT2D eigenvalue weighted by atomic mass is 9.78. The maximum atomic E-state index is 12.2. The lowest BCUT2D eigenvalue weighted by molar-refractivity contribution is -0.142. The van der Waals surface area contributed by atoms with Crippen molar-refractivity contribution in [1.82, 2.24) is 0 Å². The number of Topliss-reactive ketones (excluding diaryl/α,β-unsaturated/α-hetero) is 1. The summed E-state index contributed by atoms with van der Waals surface area (Å²) in [5, 5.41) is 11.3. The lowest BCUT2D eigenvalue weighted by Crippen LogP contribution is -2.18. The molecule has 5 heteroatoms. The fourth-order valence-electron chi connectivity index (χ4n) is 3.19. The Morgan fingerprint density at radius 2 is 1.53 bits per heavy atom. The number of aryl methyl sites for hydroxylation is 1. The second kappa shape index (κ2) is 9.22. The minimum Gasteiger partial charge on any atom is -0.507 e. The fourth-order valence-corrected chi connectivity index (χ4v) is 3.38. The summed E-state index contributed by atoms with van der Waals surface area (Å²) in [5.74, 6) is -0.415. The maximum Gasteiger partial charge on any atom is 0.306 e. The molecule has 4 nitrogen and oxygen atoms in total. The summed E-state index contributed by atoms with van der Waals surface area (Å²) in [5.41, 5.74) is 2.62. The number of hydrogen-bond donors (Lipinski definition) is 1. The molecule has 0 unspecified atom stereocenters. The van der Waals surface area contributed by atoms with Crippen LogP contribution in [0.25, 0.3) is 0 Å². The van der Waals surface area contributed by atoms with Gasteiger partial charge in [-0.15, -0.1) is 0 Å². The minimum atomic E-state index is -0.437. The first-order chi connectivity index (χ1) is 13.8. The van der Waals surface area contributed by atoms with Crippen LogP contribution in [0.3, 0.4) is 0 Å². The summed E-state index contributed by atoms with van der Waals surface area (Å²) >= 11 is 5.89. The lowest BCUT2D eigenvalue weighted by Gasteiger charge is -2.28. The van der Waals surface area contributed by atoms with Crippen molar-refractivity contribution in [3.05, 3.63) is 63.7 Å². The van der Waals surface area contributed by atoms with Gasteiger partial charge in [-0.3, -0.25) is 9.59 Å². The molecule has 0 spiro atoms. The zero-order chi connectivity index (χ0) is 22.7. The monoisotopic (exact) mass is 430 g/mol. The van der Waals surface area contributed by atoms with Crippen molar-refractivity contribution >= 4 is 23.4 Å². The number of ketones is 1. The molecular weight excluding hydrogens is 400 g/mol. The van der Waals surface area contributed by atoms with Gasteiger partial charge in [0.1, 0.15) is 5.75 Å². The number of ether oxygens (including phenoxy) is 1. The Balaban J connectivity index is 2.07. The first kappa shape index (κ1) is 23.9. The molecule has 0 aliphatic heterocycles. The summed E-state index contributed by atoms with van der Waals surface area (Å²) in [6.07, 6.45) is 0.622. The van der Waals surface area contributed by atoms with E-state index in [1.807, 2.05) is 53.7 Å². The molecule has 0 amide bonds. The van der Waals surface area contributed by atoms with Crippen LogP contribution in [0.1, 0.15) is 75.0 Å². The molecule has 0 fully saturated rings. The van der Waals surface area contributed by atoms with Crippen LogP contribution in [-0.4, -0.2) is 23.5 Å². The molecule has 2 aromatic rings. The van der Waals surface area contributed by atoms with Gasteiger partial charge < -0.3 is 9.84 Å². The van der Waals surface area contributed by atoms with Crippen LogP contribution in [0.5, 0.6) is 5.75 Å². The van der Waals surface area contributed by atoms with Gasteiger partial charge in [-0.2, -0.15) is 0 Å². The Morgan fingerprint density at radius 3 is 2.03 bits per heavy atom. The second-order valence-electron chi connectivity index (χ2n) is 9.63. The molecule has 162 valence electrons. The maximum absolute atomic E-state index is 12.2. The van der Waals surface area contributed by atoms with E-state index in [2.05, 4.69) is 0 Å². The molecule has 1 N–H and O–H groups in total. The van der Waals surface area contributed by atoms with Crippen LogP contribution < -0.4 is 0 Å². The number of rotatable bonds is 6. The Kier molecular flexibility index (Phi) is 7.36. The van der Waals surface area contributed by atoms with Crippen LogP contribution in [0, 0.1) is 0 Å². The largest absolute Gasteiger partial charge is 0.507 e. The van der Waals surface area contributed by atoms with Crippen LogP contribution in [-0.2, 0) is 26.8 Å². The number of phenols is 1. The Labute approximate surface area is 184 Å². The van der Waals surface area contributed by atoms with Crippen molar-refractivity contribution in [3.63, 3.8) is 0 Å². The molecule has 0 bridgehead atoms. The van der Waals surface area contributed by atoms with Gasteiger partial charge in [-0.05, 0) is 46.1 Å². The Hall–Kier alpha value is -2.33. The number of phenolic OH excluding ortho intramolecular Hbond substituents is 1. The zero-order valence-corrected chi connectivity index (χ0v) is 19.4. The third-order valence-corrected chi connectivity index (χ3v) is 5.15. The molecule has 0 saturated heterocycles. The third kappa shape index (κ3) is 6.33. The number of esters is 1. The van der Waals surface area contributed by atoms with E-state index in [-0.39, 0.29) is 29.6 Å². The van der Waals surface area contributed by atoms with E-state index in [1.165, 1.54) is 0 Å². The topological polar surface area (TPSA) is 63.6 Å². The van der Waals surface area contributed by atoms with E-state index in [4.69, 9.17) is 16.3 Å². The van der Waals surface area contributed by atoms with Crippen molar-refractivity contribution in [1.29, 1.82) is 0 Å². The fraction of sp³-hybridized carbons (Fsp3) is 0.440. The van der Waals surface area contributed by atoms with Crippen molar-refractivity contribution < 1.29 is 19.4 Å². The van der Waals surface area contributed by atoms with E-state index in [9.17, 15) is 14.7 Å². The first-order valence-electron chi connectivity index (χ1n) is 10.1. The van der Waals surface area contributed by atoms with E-state index in [0.717, 1.165) is 16.7 Å². The van der Waals surface area contributed by atoms with Crippen LogP contribution >= 0.6 is 11.6 Å². The molecule has 30 heavy (non-hydrogen) atoms. The molecule has 0 atom stereocenters. The van der Waals surface area contributed by atoms with Gasteiger partial charge in [0.15, 0.2) is 12.4 Å². The standard InChI is InChI=1S/C25H31ClO4/c1-24(2,3)19-12-16(13-20(23(19)29)25(4,5)6)10-11-22(28)30-15-21(27)17-8-7-9-18(26)14-17/h7-9,12-14,29H,10-11,15H2,1-6H3. The summed E-state index contributed by atoms with van der Waals surface area (Å²) in [7, 11) is 0. The van der Waals surface area contributed by atoms with Gasteiger partial charge in [0.25, 0.3) is 0 Å². The van der Waals surface area contributed by atoms with Gasteiger partial charge >= 0.3 is 5.97 Å². The van der Waals surface area contributed by atoms with Crippen LogP contribution in [0.2, 0.25) is 5.02 Å². The quantitative estimate of drug-likeness (QED) is 0.451. The highest BCUT2D eigenvalue weighted by atomic mass is 35.5. The van der Waals surface area contributed by atoms with Crippen LogP contribution in [0.4, 0.5) is 0 Å². The van der Waals surface area contributed by atoms with E-state index in [1.54, 1.807) is 24.3 Å². The minimum absolute atomic E-state index is 0.154. The Bertz CT molecular complexity index is 898. The molecule has 2 rings (SSSR count). The van der Waals surface area contributed by atoms with Crippen molar-refractivity contribution in [3.8, 4) is 5.75 Å². The zero-order valence-electron chi connectivity index (χ0n) is 18.6. The summed E-state index contributed by atoms with van der Waals surface area (Å²) < 4.78 is 5.16. The van der Waals surface area contributed by atoms with Crippen molar-refractivity contribution in [2.45, 2.75) is 65.2 Å². The molecule has 0 aliphatic carbocycles. The average Bonchev–Trinajstić information content (AvgIpc) is 2.63. The van der Waals surface area contributed by atoms with Crippen molar-refractivity contribution in [2.24, 2.45) is 0 Å². The number of halogens is 1. The highest BCUT2D eigenvalue weighted by molar-refractivity contribution is 6.31. The number of hydrogen-bond acceptors (Lipinski definition) is 4. The molecule has 0 saturated carbocycles. The normalized spacial score (nSPS) is 12.0. The van der Waals surface area contributed by atoms with Gasteiger partial charge in [-0.1, -0.05) is 77.4 Å². The van der Waals surface area contributed by atoms with Gasteiger partial charge in [0.2, 0.25) is 0 Å². The van der Waals surface area contributed by atoms with E-state index >= 15 is 0 Å². The smallest absolute Gasteiger partial charge is 0.306 e. The van der Waals surface area contributed by atoms with Crippen molar-refractivity contribution in [2.75, 3.05) is 6.61 Å². The molecule has 2 aromatic carbocycles. The molecule has 0 radical (unpaired) electrons. The summed E-state index contributed by atoms with van der Waals surface area (Å²) in [4.78, 5) is 24.4. The van der Waals surface area contributed by atoms with Gasteiger partial charge in [0, 0.05) is 17.0 Å². The highest BCUT2D eigenvalue weighted by Crippen LogP contribution is 2.40. The summed E-state index contributed by atoms with van der Waals surface area (Å²) in [6, 6.07) is 10.5. The molecule has 0 aliphatic rings. The van der Waals surface area contributed by atoms with Crippen LogP contribution in [0.15, 0.2) is 36.4 Å². The highest BCUT2D eigenvalue weighted by Gasteiger charge is 2.26. The van der Waals surface area contributed by atoms with Gasteiger partial charge in [0.05, 0.1) is 0 Å². The predicted octanol–water partition coefficient (Wildman–Crippen LogP) is 6.00. The number of carbonyl (C=O) groups is 2. The number of aromatic hydroxyl groups is 1. The number of benzene rings is 2. The van der Waals surface area contributed by atoms with E-state index in [0.29, 0.717) is 22.8 Å². The molecular formula is C25H31ClO4. The first-order valence-corrected chi connectivity index (χ1v) is 10.5. The average molecular weight is 431 g/mol. The Morgan fingerprint density at radius 1 is 0.967 bits per heavy atom.